The summed E-state index contributed by atoms with van der Waals surface area (Å²) < 4.78 is 2.90. The lowest BCUT2D eigenvalue weighted by Crippen LogP contribution is -2.38. The molecule has 1 unspecified atom stereocenters. The van der Waals surface area contributed by atoms with Crippen LogP contribution in [0.5, 0.6) is 0 Å². The predicted molar refractivity (Wildman–Crippen MR) is 82.7 cm³/mol. The summed E-state index contributed by atoms with van der Waals surface area (Å²) in [4.78, 5) is 11.1. The molecule has 0 aromatic carbocycles. The average molecular weight is 338 g/mol. The van der Waals surface area contributed by atoms with Gasteiger partial charge in [0.2, 0.25) is 0 Å². The van der Waals surface area contributed by atoms with E-state index in [9.17, 15) is 0 Å². The van der Waals surface area contributed by atoms with Crippen molar-refractivity contribution in [3.8, 4) is 0 Å². The fourth-order valence-electron chi connectivity index (χ4n) is 2.77. The molecule has 0 aliphatic carbocycles. The zero-order valence-electron chi connectivity index (χ0n) is 11.7. The Labute approximate surface area is 127 Å². The van der Waals surface area contributed by atoms with E-state index >= 15 is 0 Å². The first-order chi connectivity index (χ1) is 9.74. The summed E-state index contributed by atoms with van der Waals surface area (Å²) in [6, 6.07) is 0.602. The van der Waals surface area contributed by atoms with Crippen LogP contribution in [0.15, 0.2) is 23.2 Å². The molecule has 6 heteroatoms. The van der Waals surface area contributed by atoms with Gasteiger partial charge in [0, 0.05) is 25.3 Å². The van der Waals surface area contributed by atoms with E-state index in [2.05, 4.69) is 47.4 Å². The number of fused-ring (bicyclic) bond motifs is 1. The lowest BCUT2D eigenvalue weighted by molar-refractivity contribution is 0.251. The van der Waals surface area contributed by atoms with Gasteiger partial charge in [-0.1, -0.05) is 0 Å². The van der Waals surface area contributed by atoms with Crippen LogP contribution in [0.3, 0.4) is 0 Å². The van der Waals surface area contributed by atoms with Crippen LogP contribution in [-0.4, -0.2) is 44.9 Å². The molecule has 3 heterocycles. The minimum atomic E-state index is 0.602. The fourth-order valence-corrected chi connectivity index (χ4v) is 3.07. The van der Waals surface area contributed by atoms with Gasteiger partial charge in [0.25, 0.3) is 0 Å². The van der Waals surface area contributed by atoms with Crippen molar-refractivity contribution in [3.05, 3.63) is 28.9 Å². The number of hydrogen-bond acceptors (Lipinski definition) is 4. The Balaban J connectivity index is 1.58. The van der Waals surface area contributed by atoms with Crippen LogP contribution >= 0.6 is 15.9 Å². The van der Waals surface area contributed by atoms with Crippen molar-refractivity contribution >= 4 is 21.6 Å². The number of likely N-dealkylation sites (tertiary alicyclic amines) is 1. The summed E-state index contributed by atoms with van der Waals surface area (Å²) in [6.07, 6.45) is 8.35. The second-order valence-electron chi connectivity index (χ2n) is 5.41. The standard InChI is InChI=1S/C14H20BrN5/c1-11(19-4-2-3-5-19)6-16-7-12-8-18-14-9-17-13(15)10-20(12)14/h8-11,16H,2-7H2,1H3. The van der Waals surface area contributed by atoms with Crippen molar-refractivity contribution in [1.82, 2.24) is 24.6 Å². The molecule has 0 radical (unpaired) electrons. The first-order valence-corrected chi connectivity index (χ1v) is 7.95. The Morgan fingerprint density at radius 2 is 2.10 bits per heavy atom. The zero-order chi connectivity index (χ0) is 13.9. The lowest BCUT2D eigenvalue weighted by Gasteiger charge is -2.23. The van der Waals surface area contributed by atoms with Gasteiger partial charge in [-0.25, -0.2) is 9.97 Å². The maximum absolute atomic E-state index is 4.36. The van der Waals surface area contributed by atoms with Gasteiger partial charge in [0.1, 0.15) is 4.60 Å². The van der Waals surface area contributed by atoms with E-state index in [4.69, 9.17) is 0 Å². The summed E-state index contributed by atoms with van der Waals surface area (Å²) in [5.74, 6) is 0. The van der Waals surface area contributed by atoms with Crippen LogP contribution in [0, 0.1) is 0 Å². The number of rotatable bonds is 5. The fraction of sp³-hybridized carbons (Fsp3) is 0.571. The second-order valence-corrected chi connectivity index (χ2v) is 6.22. The maximum atomic E-state index is 4.36. The topological polar surface area (TPSA) is 45.5 Å². The number of nitrogens with one attached hydrogen (secondary N) is 1. The molecule has 108 valence electrons. The van der Waals surface area contributed by atoms with E-state index in [1.165, 1.54) is 25.9 Å². The molecule has 1 fully saturated rings. The highest BCUT2D eigenvalue weighted by atomic mass is 79.9. The van der Waals surface area contributed by atoms with Gasteiger partial charge in [-0.05, 0) is 48.8 Å². The summed E-state index contributed by atoms with van der Waals surface area (Å²) >= 11 is 3.40. The molecule has 1 aliphatic rings. The van der Waals surface area contributed by atoms with E-state index in [1.54, 1.807) is 6.20 Å². The molecule has 20 heavy (non-hydrogen) atoms. The molecule has 2 aromatic rings. The third kappa shape index (κ3) is 3.02. The summed E-state index contributed by atoms with van der Waals surface area (Å²) in [5.41, 5.74) is 2.05. The van der Waals surface area contributed by atoms with Gasteiger partial charge in [-0.3, -0.25) is 9.30 Å². The van der Waals surface area contributed by atoms with E-state index < -0.39 is 0 Å². The molecule has 2 aromatic heterocycles. The number of imidazole rings is 1. The first kappa shape index (κ1) is 14.0. The highest BCUT2D eigenvalue weighted by molar-refractivity contribution is 9.10. The van der Waals surface area contributed by atoms with Gasteiger partial charge in [0.05, 0.1) is 18.1 Å². The van der Waals surface area contributed by atoms with Gasteiger partial charge in [-0.15, -0.1) is 0 Å². The van der Waals surface area contributed by atoms with E-state index in [-0.39, 0.29) is 0 Å². The second kappa shape index (κ2) is 6.20. The Bertz CT molecular complexity index is 576. The Morgan fingerprint density at radius 3 is 2.90 bits per heavy atom. The summed E-state index contributed by atoms with van der Waals surface area (Å²) in [5, 5.41) is 3.54. The van der Waals surface area contributed by atoms with Gasteiger partial charge >= 0.3 is 0 Å². The van der Waals surface area contributed by atoms with E-state index in [0.29, 0.717) is 6.04 Å². The van der Waals surface area contributed by atoms with Crippen molar-refractivity contribution in [2.75, 3.05) is 19.6 Å². The molecule has 0 saturated carbocycles. The van der Waals surface area contributed by atoms with Gasteiger partial charge in [0.15, 0.2) is 5.65 Å². The molecular formula is C14H20BrN5. The molecule has 1 atom stereocenters. The third-order valence-electron chi connectivity index (χ3n) is 3.95. The molecule has 0 spiro atoms. The Kier molecular flexibility index (Phi) is 4.33. The van der Waals surface area contributed by atoms with Crippen molar-refractivity contribution in [2.45, 2.75) is 32.4 Å². The van der Waals surface area contributed by atoms with Gasteiger partial charge < -0.3 is 5.32 Å². The average Bonchev–Trinajstić information content (AvgIpc) is 3.08. The molecule has 3 rings (SSSR count). The van der Waals surface area contributed by atoms with Crippen molar-refractivity contribution in [2.24, 2.45) is 0 Å². The minimum absolute atomic E-state index is 0.602. The number of nitrogens with zero attached hydrogens (tertiary/aromatic N) is 4. The molecule has 1 saturated heterocycles. The van der Waals surface area contributed by atoms with Crippen molar-refractivity contribution in [1.29, 1.82) is 0 Å². The molecule has 1 N–H and O–H groups in total. The number of hydrogen-bond donors (Lipinski definition) is 1. The van der Waals surface area contributed by atoms with Crippen LogP contribution in [0.25, 0.3) is 5.65 Å². The highest BCUT2D eigenvalue weighted by Crippen LogP contribution is 2.12. The van der Waals surface area contributed by atoms with Crippen LogP contribution in [-0.2, 0) is 6.54 Å². The van der Waals surface area contributed by atoms with E-state index in [0.717, 1.165) is 29.0 Å². The van der Waals surface area contributed by atoms with Crippen molar-refractivity contribution < 1.29 is 0 Å². The highest BCUT2D eigenvalue weighted by Gasteiger charge is 2.17. The minimum Gasteiger partial charge on any atom is -0.310 e. The van der Waals surface area contributed by atoms with Gasteiger partial charge in [-0.2, -0.15) is 0 Å². The first-order valence-electron chi connectivity index (χ1n) is 7.16. The van der Waals surface area contributed by atoms with Crippen LogP contribution in [0.1, 0.15) is 25.5 Å². The lowest BCUT2D eigenvalue weighted by atomic mass is 10.3. The largest absolute Gasteiger partial charge is 0.310 e. The predicted octanol–water partition coefficient (Wildman–Crippen LogP) is 2.07. The summed E-state index contributed by atoms with van der Waals surface area (Å²) in [6.45, 7) is 6.64. The zero-order valence-corrected chi connectivity index (χ0v) is 13.3. The normalized spacial score (nSPS) is 17.9. The smallest absolute Gasteiger partial charge is 0.155 e. The molecule has 5 nitrogen and oxygen atoms in total. The monoisotopic (exact) mass is 337 g/mol. The van der Waals surface area contributed by atoms with Crippen LogP contribution in [0.2, 0.25) is 0 Å². The third-order valence-corrected chi connectivity index (χ3v) is 4.36. The molecule has 0 bridgehead atoms. The molecular weight excluding hydrogens is 318 g/mol. The SMILES string of the molecule is CC(CNCc1cnc2cnc(Br)cn12)N1CCCC1. The quantitative estimate of drug-likeness (QED) is 0.907. The van der Waals surface area contributed by atoms with Crippen molar-refractivity contribution in [3.63, 3.8) is 0 Å². The van der Waals surface area contributed by atoms with E-state index in [1.807, 2.05) is 12.4 Å². The molecule has 1 aliphatic heterocycles. The number of aromatic nitrogens is 3. The van der Waals surface area contributed by atoms with Crippen LogP contribution < -0.4 is 5.32 Å². The Morgan fingerprint density at radius 1 is 1.30 bits per heavy atom. The summed E-state index contributed by atoms with van der Waals surface area (Å²) in [7, 11) is 0. The number of halogens is 1. The molecule has 0 amide bonds. The maximum Gasteiger partial charge on any atom is 0.155 e. The Hall–Kier alpha value is -0.980. The van der Waals surface area contributed by atoms with Crippen LogP contribution in [0.4, 0.5) is 0 Å².